The molecule has 2 heterocycles. The van der Waals surface area contributed by atoms with Crippen LogP contribution >= 0.6 is 22.7 Å². The molecular formula is C12H14N2O2S2. The largest absolute Gasteiger partial charge is 0.383 e. The Morgan fingerprint density at radius 2 is 2.39 bits per heavy atom. The van der Waals surface area contributed by atoms with Gasteiger partial charge in [0.15, 0.2) is 0 Å². The monoisotopic (exact) mass is 282 g/mol. The minimum Gasteiger partial charge on any atom is -0.383 e. The van der Waals surface area contributed by atoms with E-state index in [4.69, 9.17) is 4.74 Å². The lowest BCUT2D eigenvalue weighted by atomic mass is 10.3. The van der Waals surface area contributed by atoms with Gasteiger partial charge in [0.2, 0.25) is 0 Å². The molecule has 0 aromatic carbocycles. The van der Waals surface area contributed by atoms with E-state index in [1.807, 2.05) is 24.4 Å². The molecule has 0 aliphatic rings. The molecular weight excluding hydrogens is 268 g/mol. The molecule has 0 spiro atoms. The van der Waals surface area contributed by atoms with Crippen molar-refractivity contribution in [3.05, 3.63) is 28.1 Å². The van der Waals surface area contributed by atoms with Crippen LogP contribution < -0.4 is 5.32 Å². The van der Waals surface area contributed by atoms with Crippen LogP contribution in [0.3, 0.4) is 0 Å². The highest BCUT2D eigenvalue weighted by Gasteiger charge is 2.16. The van der Waals surface area contributed by atoms with Crippen molar-refractivity contribution in [1.29, 1.82) is 0 Å². The molecule has 96 valence electrons. The van der Waals surface area contributed by atoms with Gasteiger partial charge in [-0.15, -0.1) is 22.7 Å². The molecule has 4 nitrogen and oxygen atoms in total. The number of aryl methyl sites for hydroxylation is 1. The smallest absolute Gasteiger partial charge is 0.263 e. The molecule has 0 radical (unpaired) electrons. The number of hydrogen-bond acceptors (Lipinski definition) is 5. The first-order chi connectivity index (χ1) is 8.72. The Kier molecular flexibility index (Phi) is 4.46. The summed E-state index contributed by atoms with van der Waals surface area (Å²) in [7, 11) is 1.61. The highest BCUT2D eigenvalue weighted by atomic mass is 32.1. The molecule has 0 saturated heterocycles. The Bertz CT molecular complexity index is 520. The summed E-state index contributed by atoms with van der Waals surface area (Å²) in [5.41, 5.74) is 0.776. The van der Waals surface area contributed by atoms with Gasteiger partial charge >= 0.3 is 0 Å². The molecule has 0 saturated carbocycles. The van der Waals surface area contributed by atoms with Crippen molar-refractivity contribution in [3.63, 3.8) is 0 Å². The molecule has 2 aromatic rings. The maximum atomic E-state index is 11.9. The Morgan fingerprint density at radius 3 is 3.06 bits per heavy atom. The summed E-state index contributed by atoms with van der Waals surface area (Å²) in [5.74, 6) is -0.0788. The number of nitrogens with one attached hydrogen (secondary N) is 1. The Hall–Kier alpha value is -1.24. The highest BCUT2D eigenvalue weighted by Crippen LogP contribution is 2.30. The molecule has 0 fully saturated rings. The van der Waals surface area contributed by atoms with Crippen LogP contribution in [0, 0.1) is 6.92 Å². The minimum atomic E-state index is -0.0788. The first-order valence-corrected chi connectivity index (χ1v) is 7.20. The zero-order valence-corrected chi connectivity index (χ0v) is 11.9. The highest BCUT2D eigenvalue weighted by molar-refractivity contribution is 7.22. The van der Waals surface area contributed by atoms with Crippen LogP contribution in [0.25, 0.3) is 9.88 Å². The quantitative estimate of drug-likeness (QED) is 0.857. The number of rotatable bonds is 5. The lowest BCUT2D eigenvalue weighted by molar-refractivity contribution is 0.0940. The molecule has 0 bridgehead atoms. The van der Waals surface area contributed by atoms with E-state index < -0.39 is 0 Å². The van der Waals surface area contributed by atoms with E-state index in [1.54, 1.807) is 18.4 Å². The molecule has 1 amide bonds. The van der Waals surface area contributed by atoms with E-state index in [2.05, 4.69) is 10.3 Å². The summed E-state index contributed by atoms with van der Waals surface area (Å²) in [4.78, 5) is 18.1. The zero-order chi connectivity index (χ0) is 13.0. The number of hydrogen-bond donors (Lipinski definition) is 1. The number of carbonyl (C=O) groups excluding carboxylic acids is 1. The second-order valence-corrected chi connectivity index (χ2v) is 5.61. The summed E-state index contributed by atoms with van der Waals surface area (Å²) in [6.07, 6.45) is 0. The minimum absolute atomic E-state index is 0.0788. The molecule has 1 N–H and O–H groups in total. The molecule has 2 rings (SSSR count). The number of aromatic nitrogens is 1. The number of nitrogens with zero attached hydrogens (tertiary/aromatic N) is 1. The van der Waals surface area contributed by atoms with Gasteiger partial charge in [-0.05, 0) is 18.4 Å². The van der Waals surface area contributed by atoms with Crippen molar-refractivity contribution in [3.8, 4) is 9.88 Å². The van der Waals surface area contributed by atoms with E-state index in [9.17, 15) is 4.79 Å². The Labute approximate surface area is 114 Å². The molecule has 0 aliphatic heterocycles. The van der Waals surface area contributed by atoms with Crippen molar-refractivity contribution >= 4 is 28.6 Å². The van der Waals surface area contributed by atoms with Crippen LogP contribution in [0.4, 0.5) is 0 Å². The molecule has 18 heavy (non-hydrogen) atoms. The number of carbonyl (C=O) groups is 1. The number of thiophene rings is 1. The lowest BCUT2D eigenvalue weighted by Crippen LogP contribution is -2.26. The van der Waals surface area contributed by atoms with Crippen LogP contribution in [0.2, 0.25) is 0 Å². The fourth-order valence-electron chi connectivity index (χ4n) is 1.46. The standard InChI is InChI=1S/C12H14N2O2S2/c1-8-10(11(15)13-5-6-16-2)18-12(14-8)9-4-3-7-17-9/h3-4,7H,5-6H2,1-2H3,(H,13,15). The van der Waals surface area contributed by atoms with Crippen molar-refractivity contribution in [2.75, 3.05) is 20.3 Å². The van der Waals surface area contributed by atoms with Gasteiger partial charge in [-0.3, -0.25) is 4.79 Å². The summed E-state index contributed by atoms with van der Waals surface area (Å²) < 4.78 is 4.90. The maximum Gasteiger partial charge on any atom is 0.263 e. The molecule has 0 unspecified atom stereocenters. The molecule has 6 heteroatoms. The Morgan fingerprint density at radius 1 is 1.56 bits per heavy atom. The third-order valence-corrected chi connectivity index (χ3v) is 4.52. The van der Waals surface area contributed by atoms with E-state index in [-0.39, 0.29) is 5.91 Å². The van der Waals surface area contributed by atoms with Crippen LogP contribution in [0.5, 0.6) is 0 Å². The van der Waals surface area contributed by atoms with Crippen LogP contribution in [-0.4, -0.2) is 31.2 Å². The van der Waals surface area contributed by atoms with Gasteiger partial charge in [-0.25, -0.2) is 4.98 Å². The van der Waals surface area contributed by atoms with E-state index in [0.717, 1.165) is 15.6 Å². The number of ether oxygens (including phenoxy) is 1. The topological polar surface area (TPSA) is 51.2 Å². The summed E-state index contributed by atoms with van der Waals surface area (Å²) >= 11 is 3.06. The van der Waals surface area contributed by atoms with Crippen LogP contribution in [0.1, 0.15) is 15.4 Å². The first kappa shape index (κ1) is 13.2. The lowest BCUT2D eigenvalue weighted by Gasteiger charge is -2.02. The second kappa shape index (κ2) is 6.08. The predicted molar refractivity (Wildman–Crippen MR) is 74.4 cm³/mol. The van der Waals surface area contributed by atoms with Gasteiger partial charge in [-0.1, -0.05) is 6.07 Å². The van der Waals surface area contributed by atoms with Gasteiger partial charge in [0.05, 0.1) is 17.2 Å². The van der Waals surface area contributed by atoms with E-state index >= 15 is 0 Å². The van der Waals surface area contributed by atoms with Gasteiger partial charge in [0.1, 0.15) is 9.88 Å². The number of thiazole rings is 1. The fourth-order valence-corrected chi connectivity index (χ4v) is 3.24. The summed E-state index contributed by atoms with van der Waals surface area (Å²) in [5, 5.41) is 5.72. The van der Waals surface area contributed by atoms with Crippen LogP contribution in [-0.2, 0) is 4.74 Å². The van der Waals surface area contributed by atoms with Gasteiger partial charge in [-0.2, -0.15) is 0 Å². The summed E-state index contributed by atoms with van der Waals surface area (Å²) in [6.45, 7) is 2.89. The second-order valence-electron chi connectivity index (χ2n) is 3.66. The molecule has 0 atom stereocenters. The van der Waals surface area contributed by atoms with Crippen molar-refractivity contribution < 1.29 is 9.53 Å². The van der Waals surface area contributed by atoms with Crippen LogP contribution in [0.15, 0.2) is 17.5 Å². The predicted octanol–water partition coefficient (Wildman–Crippen LogP) is 2.56. The molecule has 2 aromatic heterocycles. The zero-order valence-electron chi connectivity index (χ0n) is 10.2. The first-order valence-electron chi connectivity index (χ1n) is 5.51. The molecule has 0 aliphatic carbocycles. The Balaban J connectivity index is 2.12. The van der Waals surface area contributed by atoms with Crippen molar-refractivity contribution in [2.24, 2.45) is 0 Å². The third kappa shape index (κ3) is 2.95. The fraction of sp³-hybridized carbons (Fsp3) is 0.333. The van der Waals surface area contributed by atoms with Gasteiger partial charge < -0.3 is 10.1 Å². The average molecular weight is 282 g/mol. The third-order valence-electron chi connectivity index (χ3n) is 2.33. The van der Waals surface area contributed by atoms with Crippen molar-refractivity contribution in [2.45, 2.75) is 6.92 Å². The number of amides is 1. The average Bonchev–Trinajstić information content (AvgIpc) is 2.97. The SMILES string of the molecule is COCCNC(=O)c1sc(-c2cccs2)nc1C. The van der Waals surface area contributed by atoms with Crippen molar-refractivity contribution in [1.82, 2.24) is 10.3 Å². The van der Waals surface area contributed by atoms with Gasteiger partial charge in [0, 0.05) is 13.7 Å². The van der Waals surface area contributed by atoms with E-state index in [0.29, 0.717) is 18.0 Å². The maximum absolute atomic E-state index is 11.9. The normalized spacial score (nSPS) is 10.6. The number of methoxy groups -OCH3 is 1. The van der Waals surface area contributed by atoms with Gasteiger partial charge in [0.25, 0.3) is 5.91 Å². The summed E-state index contributed by atoms with van der Waals surface area (Å²) in [6, 6.07) is 3.99. The van der Waals surface area contributed by atoms with E-state index in [1.165, 1.54) is 11.3 Å².